The van der Waals surface area contributed by atoms with E-state index in [1.807, 2.05) is 24.3 Å². The van der Waals surface area contributed by atoms with Gasteiger partial charge in [-0.15, -0.1) is 0 Å². The van der Waals surface area contributed by atoms with E-state index in [2.05, 4.69) is 6.92 Å². The summed E-state index contributed by atoms with van der Waals surface area (Å²) >= 11 is 0. The van der Waals surface area contributed by atoms with Crippen molar-refractivity contribution in [2.45, 2.75) is 51.7 Å². The first-order valence-corrected chi connectivity index (χ1v) is 7.04. The van der Waals surface area contributed by atoms with Gasteiger partial charge < -0.3 is 9.84 Å². The maximum absolute atomic E-state index is 10.6. The number of rotatable bonds is 5. The van der Waals surface area contributed by atoms with E-state index in [1.54, 1.807) is 0 Å². The molecule has 1 saturated carbocycles. The van der Waals surface area contributed by atoms with Crippen molar-refractivity contribution in [1.82, 2.24) is 0 Å². The normalized spacial score (nSPS) is 23.2. The van der Waals surface area contributed by atoms with Crippen molar-refractivity contribution >= 4 is 5.97 Å². The molecular formula is C16H22O3. The van der Waals surface area contributed by atoms with Crippen LogP contribution in [0.3, 0.4) is 0 Å². The first-order valence-electron chi connectivity index (χ1n) is 7.04. The van der Waals surface area contributed by atoms with Crippen molar-refractivity contribution in [1.29, 1.82) is 0 Å². The highest BCUT2D eigenvalue weighted by Gasteiger charge is 2.19. The molecule has 0 aliphatic heterocycles. The van der Waals surface area contributed by atoms with Crippen LogP contribution in [-0.4, -0.2) is 17.2 Å². The van der Waals surface area contributed by atoms with E-state index in [4.69, 9.17) is 9.84 Å². The smallest absolute Gasteiger partial charge is 0.307 e. The number of carboxylic acids is 1. The number of aliphatic carboxylic acids is 1. The van der Waals surface area contributed by atoms with Gasteiger partial charge in [-0.1, -0.05) is 44.0 Å². The van der Waals surface area contributed by atoms with Crippen LogP contribution in [0.4, 0.5) is 0 Å². The molecule has 2 atom stereocenters. The molecule has 0 amide bonds. The zero-order valence-electron chi connectivity index (χ0n) is 11.5. The molecule has 1 fully saturated rings. The molecule has 104 valence electrons. The lowest BCUT2D eigenvalue weighted by Crippen LogP contribution is -2.21. The number of benzene rings is 1. The lowest BCUT2D eigenvalue weighted by molar-refractivity contribution is -0.136. The number of hydrogen-bond acceptors (Lipinski definition) is 2. The van der Waals surface area contributed by atoms with Gasteiger partial charge in [-0.05, 0) is 29.9 Å². The van der Waals surface area contributed by atoms with E-state index in [0.717, 1.165) is 23.5 Å². The minimum atomic E-state index is -0.791. The van der Waals surface area contributed by atoms with Crippen molar-refractivity contribution in [2.24, 2.45) is 5.92 Å². The highest BCUT2D eigenvalue weighted by molar-refractivity contribution is 5.70. The molecule has 0 spiro atoms. The van der Waals surface area contributed by atoms with E-state index < -0.39 is 5.97 Å². The third-order valence-corrected chi connectivity index (χ3v) is 3.75. The van der Waals surface area contributed by atoms with Crippen LogP contribution < -0.4 is 0 Å². The number of hydrogen-bond donors (Lipinski definition) is 1. The zero-order valence-corrected chi connectivity index (χ0v) is 11.5. The van der Waals surface area contributed by atoms with E-state index >= 15 is 0 Å². The molecule has 0 heterocycles. The summed E-state index contributed by atoms with van der Waals surface area (Å²) in [7, 11) is 0. The maximum atomic E-state index is 10.6. The fourth-order valence-corrected chi connectivity index (χ4v) is 2.67. The van der Waals surface area contributed by atoms with Gasteiger partial charge in [-0.3, -0.25) is 4.79 Å². The Hall–Kier alpha value is -1.35. The van der Waals surface area contributed by atoms with Gasteiger partial charge in [0.05, 0.1) is 19.1 Å². The Bertz CT molecular complexity index is 411. The van der Waals surface area contributed by atoms with Crippen LogP contribution >= 0.6 is 0 Å². The second kappa shape index (κ2) is 6.71. The van der Waals surface area contributed by atoms with Gasteiger partial charge in [0.2, 0.25) is 0 Å². The quantitative estimate of drug-likeness (QED) is 0.884. The maximum Gasteiger partial charge on any atom is 0.307 e. The third kappa shape index (κ3) is 4.67. The molecule has 0 radical (unpaired) electrons. The zero-order chi connectivity index (χ0) is 13.7. The van der Waals surface area contributed by atoms with E-state index in [1.165, 1.54) is 19.3 Å². The molecule has 2 rings (SSSR count). The molecule has 0 bridgehead atoms. The molecule has 2 unspecified atom stereocenters. The molecular weight excluding hydrogens is 240 g/mol. The van der Waals surface area contributed by atoms with Crippen molar-refractivity contribution in [3.8, 4) is 0 Å². The summed E-state index contributed by atoms with van der Waals surface area (Å²) in [5.74, 6) is -0.0168. The number of carboxylic acid groups (broad SMARTS) is 1. The average Bonchev–Trinajstić information content (AvgIpc) is 2.37. The Balaban J connectivity index is 1.81. The predicted octanol–water partition coefficient (Wildman–Crippen LogP) is 3.41. The molecule has 1 aromatic carbocycles. The fourth-order valence-electron chi connectivity index (χ4n) is 2.67. The summed E-state index contributed by atoms with van der Waals surface area (Å²) in [4.78, 5) is 10.6. The Kier molecular flexibility index (Phi) is 4.97. The van der Waals surface area contributed by atoms with Crippen LogP contribution in [0.1, 0.15) is 43.7 Å². The van der Waals surface area contributed by atoms with Crippen LogP contribution in [0.25, 0.3) is 0 Å². The van der Waals surface area contributed by atoms with Crippen LogP contribution in [-0.2, 0) is 22.6 Å². The third-order valence-electron chi connectivity index (χ3n) is 3.75. The topological polar surface area (TPSA) is 46.5 Å². The minimum absolute atomic E-state index is 0.0846. The molecule has 19 heavy (non-hydrogen) atoms. The molecule has 0 aromatic heterocycles. The van der Waals surface area contributed by atoms with Crippen LogP contribution in [0.15, 0.2) is 24.3 Å². The molecule has 1 aliphatic carbocycles. The van der Waals surface area contributed by atoms with Gasteiger partial charge in [-0.25, -0.2) is 0 Å². The molecule has 1 aromatic rings. The molecule has 3 heteroatoms. The van der Waals surface area contributed by atoms with E-state index in [9.17, 15) is 4.79 Å². The van der Waals surface area contributed by atoms with Crippen LogP contribution in [0, 0.1) is 5.92 Å². The van der Waals surface area contributed by atoms with Crippen molar-refractivity contribution in [3.63, 3.8) is 0 Å². The Labute approximate surface area is 114 Å². The average molecular weight is 262 g/mol. The first kappa shape index (κ1) is 14.1. The summed E-state index contributed by atoms with van der Waals surface area (Å²) in [6.07, 6.45) is 5.40. The van der Waals surface area contributed by atoms with Crippen LogP contribution in [0.5, 0.6) is 0 Å². The minimum Gasteiger partial charge on any atom is -0.481 e. The van der Waals surface area contributed by atoms with Gasteiger partial charge >= 0.3 is 5.97 Å². The molecule has 0 saturated heterocycles. The summed E-state index contributed by atoms with van der Waals surface area (Å²) < 4.78 is 5.94. The van der Waals surface area contributed by atoms with Gasteiger partial charge in [0, 0.05) is 0 Å². The largest absolute Gasteiger partial charge is 0.481 e. The van der Waals surface area contributed by atoms with Gasteiger partial charge in [0.15, 0.2) is 0 Å². The fraction of sp³-hybridized carbons (Fsp3) is 0.562. The van der Waals surface area contributed by atoms with Gasteiger partial charge in [0.1, 0.15) is 0 Å². The summed E-state index contributed by atoms with van der Waals surface area (Å²) in [5, 5.41) is 8.71. The van der Waals surface area contributed by atoms with E-state index in [0.29, 0.717) is 12.7 Å². The molecule has 1 N–H and O–H groups in total. The second-order valence-corrected chi connectivity index (χ2v) is 5.59. The second-order valence-electron chi connectivity index (χ2n) is 5.59. The first-order chi connectivity index (χ1) is 9.13. The van der Waals surface area contributed by atoms with E-state index in [-0.39, 0.29) is 6.42 Å². The standard InChI is InChI=1S/C16H22O3/c1-12-3-2-4-15(9-12)19-11-14-7-5-13(6-8-14)10-16(17)18/h5-8,12,15H,2-4,9-11H2,1H3,(H,17,18). The van der Waals surface area contributed by atoms with Crippen molar-refractivity contribution < 1.29 is 14.6 Å². The SMILES string of the molecule is CC1CCCC(OCc2ccc(CC(=O)O)cc2)C1. The van der Waals surface area contributed by atoms with Crippen molar-refractivity contribution in [2.75, 3.05) is 0 Å². The molecule has 3 nitrogen and oxygen atoms in total. The highest BCUT2D eigenvalue weighted by atomic mass is 16.5. The van der Waals surface area contributed by atoms with Gasteiger partial charge in [0.25, 0.3) is 0 Å². The Morgan fingerprint density at radius 1 is 1.26 bits per heavy atom. The number of carbonyl (C=O) groups is 1. The Morgan fingerprint density at radius 3 is 2.58 bits per heavy atom. The van der Waals surface area contributed by atoms with Gasteiger partial charge in [-0.2, -0.15) is 0 Å². The monoisotopic (exact) mass is 262 g/mol. The number of ether oxygens (including phenoxy) is 1. The Morgan fingerprint density at radius 2 is 1.95 bits per heavy atom. The lowest BCUT2D eigenvalue weighted by atomic mass is 9.89. The predicted molar refractivity (Wildman–Crippen MR) is 74.0 cm³/mol. The highest BCUT2D eigenvalue weighted by Crippen LogP contribution is 2.26. The summed E-state index contributed by atoms with van der Waals surface area (Å²) in [6, 6.07) is 7.67. The van der Waals surface area contributed by atoms with Crippen molar-refractivity contribution in [3.05, 3.63) is 35.4 Å². The summed E-state index contributed by atoms with van der Waals surface area (Å²) in [6.45, 7) is 2.92. The lowest BCUT2D eigenvalue weighted by Gasteiger charge is -2.26. The summed E-state index contributed by atoms with van der Waals surface area (Å²) in [5.41, 5.74) is 1.95. The molecule has 1 aliphatic rings. The van der Waals surface area contributed by atoms with Crippen LogP contribution in [0.2, 0.25) is 0 Å².